The maximum absolute atomic E-state index is 12.5. The number of carbonyl (C=O) groups excluding carboxylic acids is 1. The van der Waals surface area contributed by atoms with Crippen molar-refractivity contribution < 1.29 is 14.3 Å². The number of esters is 1. The average molecular weight is 423 g/mol. The molecule has 142 valence electrons. The van der Waals surface area contributed by atoms with Crippen LogP contribution in [0, 0.1) is 0 Å². The molecule has 1 heterocycles. The van der Waals surface area contributed by atoms with Gasteiger partial charge < -0.3 is 9.47 Å². The molecule has 0 spiro atoms. The van der Waals surface area contributed by atoms with Crippen LogP contribution in [0.4, 0.5) is 0 Å². The Labute approximate surface area is 172 Å². The van der Waals surface area contributed by atoms with Crippen LogP contribution < -0.4 is 4.74 Å². The van der Waals surface area contributed by atoms with Gasteiger partial charge in [0.15, 0.2) is 0 Å². The lowest BCUT2D eigenvalue weighted by atomic mass is 9.87. The van der Waals surface area contributed by atoms with E-state index in [4.69, 9.17) is 32.7 Å². The molecule has 3 nitrogen and oxygen atoms in total. The van der Waals surface area contributed by atoms with Crippen molar-refractivity contribution in [3.8, 4) is 5.75 Å². The van der Waals surface area contributed by atoms with E-state index in [9.17, 15) is 4.79 Å². The van der Waals surface area contributed by atoms with Gasteiger partial charge in [0.2, 0.25) is 0 Å². The Hall–Kier alpha value is -1.75. The first-order valence-electron chi connectivity index (χ1n) is 8.43. The monoisotopic (exact) mass is 422 g/mol. The van der Waals surface area contributed by atoms with Crippen LogP contribution in [-0.2, 0) is 16.8 Å². The van der Waals surface area contributed by atoms with Gasteiger partial charge in [-0.15, -0.1) is 11.3 Å². The van der Waals surface area contributed by atoms with Crippen molar-refractivity contribution in [2.24, 2.45) is 0 Å². The summed E-state index contributed by atoms with van der Waals surface area (Å²) >= 11 is 13.9. The minimum atomic E-state index is -0.462. The Kier molecular flexibility index (Phi) is 5.71. The number of thiophene rings is 1. The summed E-state index contributed by atoms with van der Waals surface area (Å²) in [5, 5.41) is 1.51. The second-order valence-corrected chi connectivity index (χ2v) is 9.00. The highest BCUT2D eigenvalue weighted by Gasteiger charge is 2.21. The molecule has 0 amide bonds. The van der Waals surface area contributed by atoms with E-state index in [1.54, 1.807) is 19.2 Å². The molecule has 0 aliphatic heterocycles. The third-order valence-corrected chi connectivity index (χ3v) is 6.49. The van der Waals surface area contributed by atoms with Crippen molar-refractivity contribution in [1.29, 1.82) is 0 Å². The van der Waals surface area contributed by atoms with E-state index in [1.807, 2.05) is 12.1 Å². The normalized spacial score (nSPS) is 11.6. The highest BCUT2D eigenvalue weighted by molar-refractivity contribution is 7.22. The second kappa shape index (κ2) is 7.70. The predicted molar refractivity (Wildman–Crippen MR) is 113 cm³/mol. The van der Waals surface area contributed by atoms with Gasteiger partial charge in [0.1, 0.15) is 22.3 Å². The fourth-order valence-electron chi connectivity index (χ4n) is 2.68. The van der Waals surface area contributed by atoms with Crippen LogP contribution in [0.1, 0.15) is 41.6 Å². The van der Waals surface area contributed by atoms with Crippen LogP contribution in [0.25, 0.3) is 10.1 Å². The maximum Gasteiger partial charge on any atom is 0.350 e. The van der Waals surface area contributed by atoms with E-state index >= 15 is 0 Å². The molecule has 0 N–H and O–H groups in total. The third kappa shape index (κ3) is 4.08. The first-order valence-corrected chi connectivity index (χ1v) is 10.0. The molecule has 0 saturated carbocycles. The summed E-state index contributed by atoms with van der Waals surface area (Å²) in [4.78, 5) is 12.9. The summed E-state index contributed by atoms with van der Waals surface area (Å²) in [5.74, 6) is 0.0806. The van der Waals surface area contributed by atoms with Crippen molar-refractivity contribution in [1.82, 2.24) is 0 Å². The number of hydrogen-bond donors (Lipinski definition) is 0. The van der Waals surface area contributed by atoms with Gasteiger partial charge in [-0.3, -0.25) is 0 Å². The lowest BCUT2D eigenvalue weighted by Gasteiger charge is -2.19. The summed E-state index contributed by atoms with van der Waals surface area (Å²) in [7, 11) is 1.54. The largest absolute Gasteiger partial charge is 0.495 e. The molecule has 0 aliphatic rings. The second-order valence-electron chi connectivity index (χ2n) is 7.23. The molecule has 0 radical (unpaired) electrons. The van der Waals surface area contributed by atoms with Gasteiger partial charge >= 0.3 is 5.97 Å². The van der Waals surface area contributed by atoms with E-state index in [0.29, 0.717) is 30.8 Å². The number of rotatable bonds is 4. The first-order chi connectivity index (χ1) is 12.7. The van der Waals surface area contributed by atoms with E-state index in [1.165, 1.54) is 16.9 Å². The zero-order valence-corrected chi connectivity index (χ0v) is 17.9. The third-order valence-electron chi connectivity index (χ3n) is 4.30. The van der Waals surface area contributed by atoms with Gasteiger partial charge in [-0.2, -0.15) is 0 Å². The summed E-state index contributed by atoms with van der Waals surface area (Å²) in [6.45, 7) is 6.66. The molecule has 3 rings (SSSR count). The Morgan fingerprint density at radius 3 is 2.30 bits per heavy atom. The topological polar surface area (TPSA) is 35.5 Å². The van der Waals surface area contributed by atoms with Crippen molar-refractivity contribution >= 4 is 50.6 Å². The summed E-state index contributed by atoms with van der Waals surface area (Å²) < 4.78 is 11.4. The van der Waals surface area contributed by atoms with Gasteiger partial charge in [-0.05, 0) is 28.7 Å². The first kappa shape index (κ1) is 20.0. The van der Waals surface area contributed by atoms with Crippen molar-refractivity contribution in [2.75, 3.05) is 7.11 Å². The minimum absolute atomic E-state index is 0.0835. The quantitative estimate of drug-likeness (QED) is 0.430. The molecular weight excluding hydrogens is 403 g/mol. The van der Waals surface area contributed by atoms with Gasteiger partial charge in [0, 0.05) is 5.39 Å². The maximum atomic E-state index is 12.5. The molecule has 3 aromatic rings. The molecule has 0 aliphatic carbocycles. The summed E-state index contributed by atoms with van der Waals surface area (Å²) in [6, 6.07) is 11.6. The Morgan fingerprint density at radius 1 is 1.04 bits per heavy atom. The molecule has 0 bridgehead atoms. The molecular formula is C21H20Cl2O3S. The summed E-state index contributed by atoms with van der Waals surface area (Å²) in [5.41, 5.74) is 2.24. The number of carbonyl (C=O) groups is 1. The molecule has 0 fully saturated rings. The van der Waals surface area contributed by atoms with E-state index in [-0.39, 0.29) is 12.0 Å². The lowest BCUT2D eigenvalue weighted by molar-refractivity contribution is 0.0479. The van der Waals surface area contributed by atoms with Gasteiger partial charge in [0.05, 0.1) is 16.8 Å². The molecule has 6 heteroatoms. The Balaban J connectivity index is 1.78. The smallest absolute Gasteiger partial charge is 0.350 e. The van der Waals surface area contributed by atoms with Crippen LogP contribution in [0.3, 0.4) is 0 Å². The van der Waals surface area contributed by atoms with Crippen molar-refractivity contribution in [2.45, 2.75) is 32.8 Å². The highest BCUT2D eigenvalue weighted by atomic mass is 35.5. The van der Waals surface area contributed by atoms with Gasteiger partial charge in [0.25, 0.3) is 0 Å². The van der Waals surface area contributed by atoms with Crippen molar-refractivity contribution in [3.05, 3.63) is 62.4 Å². The van der Waals surface area contributed by atoms with Crippen LogP contribution in [0.15, 0.2) is 36.4 Å². The summed E-state index contributed by atoms with van der Waals surface area (Å²) in [6.07, 6.45) is 0. The average Bonchev–Trinajstić information content (AvgIpc) is 2.97. The molecule has 0 saturated heterocycles. The van der Waals surface area contributed by atoms with Crippen LogP contribution in [0.2, 0.25) is 10.0 Å². The number of ether oxygens (including phenoxy) is 2. The number of hydrogen-bond acceptors (Lipinski definition) is 4. The van der Waals surface area contributed by atoms with Gasteiger partial charge in [-0.25, -0.2) is 4.79 Å². The molecule has 1 aromatic heterocycles. The zero-order chi connectivity index (χ0) is 19.8. The molecule has 2 aromatic carbocycles. The zero-order valence-electron chi connectivity index (χ0n) is 15.6. The number of fused-ring (bicyclic) bond motifs is 1. The van der Waals surface area contributed by atoms with Crippen LogP contribution >= 0.6 is 34.5 Å². The van der Waals surface area contributed by atoms with E-state index in [2.05, 4.69) is 32.9 Å². The van der Waals surface area contributed by atoms with Crippen LogP contribution in [-0.4, -0.2) is 13.1 Å². The number of benzene rings is 2. The fraction of sp³-hybridized carbons (Fsp3) is 0.286. The van der Waals surface area contributed by atoms with E-state index in [0.717, 1.165) is 5.56 Å². The van der Waals surface area contributed by atoms with Crippen molar-refractivity contribution in [3.63, 3.8) is 0 Å². The SMILES string of the molecule is COc1ccc2c(Cl)c(C(=O)OCc3ccc(C(C)(C)C)cc3)sc2c1Cl. The van der Waals surface area contributed by atoms with E-state index < -0.39 is 5.97 Å². The minimum Gasteiger partial charge on any atom is -0.495 e. The number of halogens is 2. The molecule has 0 unspecified atom stereocenters. The van der Waals surface area contributed by atoms with Gasteiger partial charge in [-0.1, -0.05) is 68.2 Å². The number of methoxy groups -OCH3 is 1. The lowest BCUT2D eigenvalue weighted by Crippen LogP contribution is -2.11. The fourth-order valence-corrected chi connectivity index (χ4v) is 4.46. The Bertz CT molecular complexity index is 985. The van der Waals surface area contributed by atoms with Crippen LogP contribution in [0.5, 0.6) is 5.75 Å². The molecule has 0 atom stereocenters. The predicted octanol–water partition coefficient (Wildman–Crippen LogP) is 6.87. The molecule has 27 heavy (non-hydrogen) atoms. The standard InChI is InChI=1S/C21H20Cl2O3S/c1-21(2,3)13-7-5-12(6-8-13)11-26-20(24)19-16(22)14-9-10-15(25-4)17(23)18(14)27-19/h5-10H,11H2,1-4H3. The highest BCUT2D eigenvalue weighted by Crippen LogP contribution is 2.43. The Morgan fingerprint density at radius 2 is 1.70 bits per heavy atom.